The number of rotatable bonds is 9. The number of carbonyl (C=O) groups excluding carboxylic acids is 1. The lowest BCUT2D eigenvalue weighted by atomic mass is 10.1. The summed E-state index contributed by atoms with van der Waals surface area (Å²) < 4.78 is 46.7. The van der Waals surface area contributed by atoms with Crippen LogP contribution in [0.5, 0.6) is 5.75 Å². The van der Waals surface area contributed by atoms with Gasteiger partial charge in [-0.2, -0.15) is 4.98 Å². The van der Waals surface area contributed by atoms with E-state index < -0.39 is 38.9 Å². The number of ether oxygens (including phenoxy) is 1. The van der Waals surface area contributed by atoms with Crippen LogP contribution in [-0.4, -0.2) is 41.0 Å². The smallest absolute Gasteiger partial charge is 0.351 e. The third kappa shape index (κ3) is 5.51. The Morgan fingerprint density at radius 2 is 2.06 bits per heavy atom. The SMILES string of the molecule is Nc1ccn(C2OC(COP(NCC=O)Oc3ccc4ccccc4c3)CC2(F)F)c(=O)n1. The summed E-state index contributed by atoms with van der Waals surface area (Å²) >= 11 is 0. The molecule has 0 aliphatic carbocycles. The molecule has 1 fully saturated rings. The van der Waals surface area contributed by atoms with Gasteiger partial charge in [-0.25, -0.2) is 18.7 Å². The molecule has 33 heavy (non-hydrogen) atoms. The van der Waals surface area contributed by atoms with Gasteiger partial charge in [-0.3, -0.25) is 4.57 Å². The van der Waals surface area contributed by atoms with Crippen LogP contribution >= 0.6 is 8.53 Å². The van der Waals surface area contributed by atoms with E-state index in [9.17, 15) is 18.4 Å². The van der Waals surface area contributed by atoms with Gasteiger partial charge in [-0.05, 0) is 29.0 Å². The van der Waals surface area contributed by atoms with Gasteiger partial charge in [0.1, 0.15) is 17.9 Å². The Labute approximate surface area is 188 Å². The van der Waals surface area contributed by atoms with E-state index in [-0.39, 0.29) is 19.0 Å². The average Bonchev–Trinajstić information content (AvgIpc) is 3.09. The van der Waals surface area contributed by atoms with Crippen LogP contribution in [0, 0.1) is 0 Å². The van der Waals surface area contributed by atoms with Crippen molar-refractivity contribution in [2.45, 2.75) is 24.7 Å². The normalized spacial score (nSPS) is 20.5. The number of hydrogen-bond donors (Lipinski definition) is 2. The first-order chi connectivity index (χ1) is 15.9. The topological polar surface area (TPSA) is 118 Å². The lowest BCUT2D eigenvalue weighted by Crippen LogP contribution is -2.35. The average molecular weight is 478 g/mol. The van der Waals surface area contributed by atoms with Crippen LogP contribution in [0.4, 0.5) is 14.6 Å². The Kier molecular flexibility index (Phi) is 6.94. The third-order valence-corrected chi connectivity index (χ3v) is 6.08. The molecule has 1 aliphatic rings. The van der Waals surface area contributed by atoms with Crippen molar-refractivity contribution < 1.29 is 27.4 Å². The van der Waals surface area contributed by atoms with Gasteiger partial charge in [0.25, 0.3) is 5.92 Å². The number of benzene rings is 2. The van der Waals surface area contributed by atoms with Crippen molar-refractivity contribution in [3.8, 4) is 5.75 Å². The van der Waals surface area contributed by atoms with E-state index in [1.165, 1.54) is 6.07 Å². The van der Waals surface area contributed by atoms with Gasteiger partial charge in [0.2, 0.25) is 6.23 Å². The summed E-state index contributed by atoms with van der Waals surface area (Å²) in [5.74, 6) is -2.91. The Morgan fingerprint density at radius 1 is 1.27 bits per heavy atom. The zero-order valence-electron chi connectivity index (χ0n) is 17.3. The molecule has 12 heteroatoms. The Bertz CT molecular complexity index is 1190. The maximum absolute atomic E-state index is 14.6. The van der Waals surface area contributed by atoms with Crippen molar-refractivity contribution in [3.63, 3.8) is 0 Å². The molecule has 0 amide bonds. The molecule has 3 aromatic rings. The fraction of sp³-hybridized carbons (Fsp3) is 0.286. The van der Waals surface area contributed by atoms with Gasteiger partial charge in [0.15, 0.2) is 0 Å². The molecule has 0 spiro atoms. The number of nitrogen functional groups attached to an aromatic ring is 1. The minimum atomic E-state index is -3.33. The number of alkyl halides is 2. The number of anilines is 1. The lowest BCUT2D eigenvalue weighted by molar-refractivity contribution is -0.119. The zero-order valence-corrected chi connectivity index (χ0v) is 18.2. The number of nitrogens with one attached hydrogen (secondary N) is 1. The fourth-order valence-corrected chi connectivity index (χ4v) is 4.43. The molecule has 1 aromatic heterocycles. The number of aromatic nitrogens is 2. The number of carbonyl (C=O) groups is 1. The van der Waals surface area contributed by atoms with Crippen LogP contribution in [0.15, 0.2) is 59.5 Å². The molecular formula is C21H21F2N4O5P. The Morgan fingerprint density at radius 3 is 2.82 bits per heavy atom. The van der Waals surface area contributed by atoms with E-state index >= 15 is 0 Å². The number of nitrogens with two attached hydrogens (primary N) is 1. The molecular weight excluding hydrogens is 457 g/mol. The second-order valence-electron chi connectivity index (χ2n) is 7.30. The monoisotopic (exact) mass is 478 g/mol. The van der Waals surface area contributed by atoms with Crippen molar-refractivity contribution in [1.29, 1.82) is 0 Å². The van der Waals surface area contributed by atoms with Gasteiger partial charge in [0, 0.05) is 12.6 Å². The predicted molar refractivity (Wildman–Crippen MR) is 118 cm³/mol. The molecule has 1 saturated heterocycles. The van der Waals surface area contributed by atoms with Crippen molar-refractivity contribution in [2.24, 2.45) is 0 Å². The van der Waals surface area contributed by atoms with Gasteiger partial charge in [0.05, 0.1) is 19.3 Å². The molecule has 3 N–H and O–H groups in total. The number of fused-ring (bicyclic) bond motifs is 1. The number of aldehydes is 1. The first kappa shape index (κ1) is 23.2. The second kappa shape index (κ2) is 9.88. The minimum absolute atomic E-state index is 0.0455. The third-order valence-electron chi connectivity index (χ3n) is 4.88. The lowest BCUT2D eigenvalue weighted by Gasteiger charge is -2.20. The highest BCUT2D eigenvalue weighted by molar-refractivity contribution is 7.45. The summed E-state index contributed by atoms with van der Waals surface area (Å²) in [7, 11) is -1.83. The van der Waals surface area contributed by atoms with Gasteiger partial charge < -0.3 is 24.3 Å². The van der Waals surface area contributed by atoms with E-state index in [1.807, 2.05) is 36.4 Å². The molecule has 2 aromatic carbocycles. The highest BCUT2D eigenvalue weighted by atomic mass is 31.2. The van der Waals surface area contributed by atoms with Crippen molar-refractivity contribution in [1.82, 2.24) is 14.6 Å². The van der Waals surface area contributed by atoms with Crippen LogP contribution < -0.4 is 21.0 Å². The first-order valence-corrected chi connectivity index (χ1v) is 11.2. The molecule has 0 saturated carbocycles. The van der Waals surface area contributed by atoms with Crippen LogP contribution in [0.3, 0.4) is 0 Å². The summed E-state index contributed by atoms with van der Waals surface area (Å²) in [4.78, 5) is 26.2. The molecule has 0 radical (unpaired) electrons. The maximum atomic E-state index is 14.6. The van der Waals surface area contributed by atoms with Crippen LogP contribution in [0.1, 0.15) is 12.6 Å². The highest BCUT2D eigenvalue weighted by Crippen LogP contribution is 2.44. The van der Waals surface area contributed by atoms with Crippen molar-refractivity contribution >= 4 is 31.4 Å². The zero-order chi connectivity index (χ0) is 23.4. The minimum Gasteiger partial charge on any atom is -0.436 e. The van der Waals surface area contributed by atoms with Crippen LogP contribution in [-0.2, 0) is 14.1 Å². The van der Waals surface area contributed by atoms with Crippen molar-refractivity contribution in [3.05, 3.63) is 65.2 Å². The maximum Gasteiger partial charge on any atom is 0.351 e. The molecule has 4 rings (SSSR count). The number of hydrogen-bond acceptors (Lipinski definition) is 8. The Balaban J connectivity index is 1.43. The number of halogens is 2. The van der Waals surface area contributed by atoms with Crippen LogP contribution in [0.2, 0.25) is 0 Å². The summed E-state index contributed by atoms with van der Waals surface area (Å²) in [6.45, 7) is -0.287. The molecule has 1 aliphatic heterocycles. The molecule has 3 unspecified atom stereocenters. The molecule has 2 heterocycles. The van der Waals surface area contributed by atoms with Crippen molar-refractivity contribution in [2.75, 3.05) is 18.9 Å². The van der Waals surface area contributed by atoms with E-state index in [0.717, 1.165) is 17.0 Å². The quantitative estimate of drug-likeness (QED) is 0.356. The molecule has 3 atom stereocenters. The summed E-state index contributed by atoms with van der Waals surface area (Å²) in [6.07, 6.45) is -1.76. The molecule has 174 valence electrons. The molecule has 0 bridgehead atoms. The van der Waals surface area contributed by atoms with E-state index in [0.29, 0.717) is 16.6 Å². The fourth-order valence-electron chi connectivity index (χ4n) is 3.39. The van der Waals surface area contributed by atoms with Gasteiger partial charge in [-0.15, -0.1) is 0 Å². The van der Waals surface area contributed by atoms with Gasteiger partial charge >= 0.3 is 14.2 Å². The van der Waals surface area contributed by atoms with Crippen LogP contribution in [0.25, 0.3) is 10.8 Å². The Hall–Kier alpha value is -2.98. The number of nitrogens with zero attached hydrogens (tertiary/aromatic N) is 2. The largest absolute Gasteiger partial charge is 0.436 e. The van der Waals surface area contributed by atoms with Gasteiger partial charge in [-0.1, -0.05) is 30.3 Å². The predicted octanol–water partition coefficient (Wildman–Crippen LogP) is 3.01. The summed E-state index contributed by atoms with van der Waals surface area (Å²) in [6, 6.07) is 14.4. The molecule has 9 nitrogen and oxygen atoms in total. The van der Waals surface area contributed by atoms with E-state index in [2.05, 4.69) is 10.1 Å². The van der Waals surface area contributed by atoms with E-state index in [4.69, 9.17) is 19.5 Å². The first-order valence-electron chi connectivity index (χ1n) is 10.0. The summed E-state index contributed by atoms with van der Waals surface area (Å²) in [5.41, 5.74) is 4.49. The summed E-state index contributed by atoms with van der Waals surface area (Å²) in [5, 5.41) is 4.77. The second-order valence-corrected chi connectivity index (χ2v) is 8.57. The highest BCUT2D eigenvalue weighted by Gasteiger charge is 2.52. The standard InChI is InChI=1S/C21H21F2N4O5P/c22-21(23)12-17(31-19(21)27-9-7-18(24)26-20(27)29)13-30-33(25-8-10-28)32-16-6-5-14-3-1-2-4-15(14)11-16/h1-7,9-11,17,19,25H,8,12-13H2,(H2,24,26,29). The van der Waals surface area contributed by atoms with E-state index in [1.54, 1.807) is 6.07 Å².